The number of carbonyl (C=O) groups is 1. The maximum absolute atomic E-state index is 12.3. The van der Waals surface area contributed by atoms with Crippen molar-refractivity contribution < 1.29 is 32.5 Å². The minimum atomic E-state index is -0.280. The molecule has 0 saturated heterocycles. The Kier molecular flexibility index (Phi) is 22.7. The topological polar surface area (TPSA) is 26.3 Å². The van der Waals surface area contributed by atoms with Gasteiger partial charge in [-0.05, 0) is 67.3 Å². The van der Waals surface area contributed by atoms with Crippen LogP contribution in [0.3, 0.4) is 0 Å². The predicted octanol–water partition coefficient (Wildman–Crippen LogP) is 9.34. The van der Waals surface area contributed by atoms with E-state index in [1.54, 1.807) is 0 Å². The van der Waals surface area contributed by atoms with Gasteiger partial charge in [-0.15, -0.1) is 0 Å². The second kappa shape index (κ2) is 21.2. The van der Waals surface area contributed by atoms with Crippen molar-refractivity contribution in [2.24, 2.45) is 5.92 Å². The molecule has 0 amide bonds. The van der Waals surface area contributed by atoms with Crippen molar-refractivity contribution in [1.29, 1.82) is 0 Å². The molecule has 8 heteroatoms. The minimum Gasteiger partial charge on any atom is -0.382 e. The van der Waals surface area contributed by atoms with Gasteiger partial charge in [0.25, 0.3) is 0 Å². The van der Waals surface area contributed by atoms with Crippen molar-refractivity contribution in [2.75, 3.05) is 0 Å². The summed E-state index contributed by atoms with van der Waals surface area (Å²) < 4.78 is 5.36. The van der Waals surface area contributed by atoms with Crippen LogP contribution in [0.5, 0.6) is 0 Å². The van der Waals surface area contributed by atoms with E-state index in [0.717, 1.165) is 22.9 Å². The Morgan fingerprint density at radius 3 is 1.94 bits per heavy atom. The highest BCUT2D eigenvalue weighted by Crippen LogP contribution is 2.38. The lowest BCUT2D eigenvalue weighted by Gasteiger charge is -2.29. The number of hydrogen-bond donors (Lipinski definition) is 0. The lowest BCUT2D eigenvalue weighted by atomic mass is 9.77. The molecule has 0 bridgehead atoms. The molecule has 1 fully saturated rings. The average Bonchev–Trinajstić information content (AvgIpc) is 2.81. The highest BCUT2D eigenvalue weighted by molar-refractivity contribution is 7.95. The molecule has 0 heterocycles. The second-order valence-electron chi connectivity index (χ2n) is 8.66. The van der Waals surface area contributed by atoms with E-state index in [0.29, 0.717) is 11.5 Å². The molecule has 35 heavy (non-hydrogen) atoms. The molecule has 1 aliphatic carbocycles. The van der Waals surface area contributed by atoms with Crippen LogP contribution in [0.15, 0.2) is 59.5 Å². The Hall–Kier alpha value is -2.09. The Morgan fingerprint density at radius 2 is 1.34 bits per heavy atom. The lowest BCUT2D eigenvalue weighted by Crippen LogP contribution is -2.13. The Labute approximate surface area is 210 Å². The first-order valence-electron chi connectivity index (χ1n) is 11.8. The molecule has 3 rings (SSSR count). The summed E-state index contributed by atoms with van der Waals surface area (Å²) in [6.45, 7) is 2.28. The van der Waals surface area contributed by atoms with Crippen LogP contribution in [0, 0.1) is 5.92 Å². The number of carbonyl (C=O) groups excluding carboxylic acids is 1. The zero-order valence-electron chi connectivity index (χ0n) is 20.4. The van der Waals surface area contributed by atoms with E-state index >= 15 is 0 Å². The third kappa shape index (κ3) is 13.0. The first-order valence-corrected chi connectivity index (χ1v) is 12.5. The smallest absolute Gasteiger partial charge is 0.350 e. The molecule has 0 spiro atoms. The van der Waals surface area contributed by atoms with Gasteiger partial charge >= 0.3 is 5.97 Å². The molecule has 2 aromatic carbocycles. The standard InChI is InChI=1S/C27H36O2S.5FH/c1-2-3-4-5-6-8-11-22-14-16-23(17-15-22)24-18-20-25(21-19-24)27(28)29-30-26-12-9-7-10-13-26;;;;;/h7,9-10,12-13,18-23H,2-6,8,11,14-17H2,1H3;5*1H. The normalized spacial score (nSPS) is 16.1. The fourth-order valence-electron chi connectivity index (χ4n) is 4.50. The largest absolute Gasteiger partial charge is 0.382 e. The summed E-state index contributed by atoms with van der Waals surface area (Å²) >= 11 is 1.12. The SMILES string of the molecule is CCCCCCCCC1CCC(c2ccc(C(=O)OSc3ccccc3)cc2)CC1.F.F.F.F.F. The molecule has 1 saturated carbocycles. The molecule has 0 unspecified atom stereocenters. The van der Waals surface area contributed by atoms with Gasteiger partial charge in [-0.25, -0.2) is 4.79 Å². The van der Waals surface area contributed by atoms with E-state index in [1.807, 2.05) is 42.5 Å². The molecule has 0 aromatic heterocycles. The number of rotatable bonds is 11. The summed E-state index contributed by atoms with van der Waals surface area (Å²) in [5.41, 5.74) is 2.00. The van der Waals surface area contributed by atoms with E-state index < -0.39 is 0 Å². The predicted molar refractivity (Wildman–Crippen MR) is 139 cm³/mol. The molecule has 0 N–H and O–H groups in total. The van der Waals surface area contributed by atoms with E-state index in [2.05, 4.69) is 19.1 Å². The van der Waals surface area contributed by atoms with Gasteiger partial charge < -0.3 is 4.18 Å². The second-order valence-corrected chi connectivity index (χ2v) is 9.47. The molecular formula is C27H41F5O2S. The third-order valence-electron chi connectivity index (χ3n) is 6.39. The number of benzene rings is 2. The van der Waals surface area contributed by atoms with E-state index in [-0.39, 0.29) is 29.5 Å². The van der Waals surface area contributed by atoms with Crippen LogP contribution in [0.2, 0.25) is 0 Å². The Morgan fingerprint density at radius 1 is 0.771 bits per heavy atom. The van der Waals surface area contributed by atoms with Gasteiger partial charge in [0, 0.05) is 4.90 Å². The highest BCUT2D eigenvalue weighted by atomic mass is 32.2. The molecular weight excluding hydrogens is 483 g/mol. The van der Waals surface area contributed by atoms with E-state index in [4.69, 9.17) is 4.18 Å². The lowest BCUT2D eigenvalue weighted by molar-refractivity contribution is 0.0768. The van der Waals surface area contributed by atoms with Crippen LogP contribution in [0.4, 0.5) is 23.5 Å². The summed E-state index contributed by atoms with van der Waals surface area (Å²) in [5, 5.41) is 0. The van der Waals surface area contributed by atoms with Gasteiger partial charge in [0.05, 0.1) is 17.6 Å². The fraction of sp³-hybridized carbons (Fsp3) is 0.519. The van der Waals surface area contributed by atoms with Crippen LogP contribution >= 0.6 is 12.0 Å². The van der Waals surface area contributed by atoms with Crippen molar-refractivity contribution in [3.05, 3.63) is 65.7 Å². The van der Waals surface area contributed by atoms with Gasteiger partial charge in [0.1, 0.15) is 0 Å². The third-order valence-corrected chi connectivity index (χ3v) is 7.09. The van der Waals surface area contributed by atoms with Crippen LogP contribution in [0.1, 0.15) is 99.4 Å². The highest BCUT2D eigenvalue weighted by Gasteiger charge is 2.22. The summed E-state index contributed by atoms with van der Waals surface area (Å²) in [6.07, 6.45) is 15.1. The van der Waals surface area contributed by atoms with Crippen LogP contribution in [0.25, 0.3) is 0 Å². The monoisotopic (exact) mass is 524 g/mol. The van der Waals surface area contributed by atoms with Gasteiger partial charge in [-0.2, -0.15) is 0 Å². The number of unbranched alkanes of at least 4 members (excludes halogenated alkanes) is 5. The molecule has 2 nitrogen and oxygen atoms in total. The zero-order valence-corrected chi connectivity index (χ0v) is 21.2. The molecule has 202 valence electrons. The van der Waals surface area contributed by atoms with E-state index in [9.17, 15) is 4.79 Å². The number of hydrogen-bond acceptors (Lipinski definition) is 3. The fourth-order valence-corrected chi connectivity index (χ4v) is 5.04. The van der Waals surface area contributed by atoms with Gasteiger partial charge in [0.15, 0.2) is 0 Å². The zero-order chi connectivity index (χ0) is 21.0. The summed E-state index contributed by atoms with van der Waals surface area (Å²) in [5.74, 6) is 1.30. The van der Waals surface area contributed by atoms with Crippen molar-refractivity contribution in [3.63, 3.8) is 0 Å². The van der Waals surface area contributed by atoms with Crippen LogP contribution < -0.4 is 0 Å². The molecule has 2 aromatic rings. The van der Waals surface area contributed by atoms with Crippen molar-refractivity contribution in [1.82, 2.24) is 0 Å². The summed E-state index contributed by atoms with van der Waals surface area (Å²) in [7, 11) is 0. The Balaban J connectivity index is -0.00000205. The van der Waals surface area contributed by atoms with Crippen molar-refractivity contribution >= 4 is 18.0 Å². The van der Waals surface area contributed by atoms with Gasteiger partial charge in [-0.1, -0.05) is 82.2 Å². The maximum Gasteiger partial charge on any atom is 0.350 e. The van der Waals surface area contributed by atoms with Gasteiger partial charge in [0.2, 0.25) is 0 Å². The molecule has 1 aliphatic rings. The van der Waals surface area contributed by atoms with Crippen LogP contribution in [-0.2, 0) is 4.18 Å². The Bertz CT molecular complexity index is 754. The maximum atomic E-state index is 12.3. The van der Waals surface area contributed by atoms with Crippen molar-refractivity contribution in [2.45, 2.75) is 88.4 Å². The quantitative estimate of drug-likeness (QED) is 0.166. The average molecular weight is 525 g/mol. The van der Waals surface area contributed by atoms with Crippen molar-refractivity contribution in [3.8, 4) is 0 Å². The van der Waals surface area contributed by atoms with Gasteiger partial charge in [-0.3, -0.25) is 23.5 Å². The van der Waals surface area contributed by atoms with E-state index in [1.165, 1.54) is 76.2 Å². The summed E-state index contributed by atoms with van der Waals surface area (Å²) in [4.78, 5) is 13.2. The molecule has 0 aliphatic heterocycles. The first-order chi connectivity index (χ1) is 14.8. The van der Waals surface area contributed by atoms with Crippen LogP contribution in [-0.4, -0.2) is 5.97 Å². The first kappa shape index (κ1) is 37.5. The summed E-state index contributed by atoms with van der Waals surface area (Å²) in [6, 6.07) is 17.8. The minimum absolute atomic E-state index is 0. The molecule has 0 radical (unpaired) electrons. The molecule has 0 atom stereocenters. The number of halogens is 5.